The predicted octanol–water partition coefficient (Wildman–Crippen LogP) is 0.592. The minimum absolute atomic E-state index is 0.0673. The first-order valence-electron chi connectivity index (χ1n) is 10.6. The summed E-state index contributed by atoms with van der Waals surface area (Å²) >= 11 is 0. The molecule has 2 fully saturated rings. The molecule has 0 amide bonds. The van der Waals surface area contributed by atoms with Crippen molar-refractivity contribution in [2.24, 2.45) is 0 Å². The van der Waals surface area contributed by atoms with Crippen LogP contribution in [0.4, 0.5) is 5.95 Å². The van der Waals surface area contributed by atoms with E-state index in [1.165, 1.54) is 9.13 Å². The lowest BCUT2D eigenvalue weighted by molar-refractivity contribution is -0.200. The second-order valence-electron chi connectivity index (χ2n) is 8.51. The minimum Gasteiger partial charge on any atom is -0.394 e. The largest absolute Gasteiger partial charge is 0.394 e. The molecular weight excluding hydrogens is 430 g/mol. The second kappa shape index (κ2) is 7.96. The minimum atomic E-state index is -0.961. The Labute approximate surface area is 188 Å². The van der Waals surface area contributed by atoms with Gasteiger partial charge in [-0.1, -0.05) is 42.5 Å². The van der Waals surface area contributed by atoms with E-state index >= 15 is 0 Å². The molecule has 4 N–H and O–H groups in total. The molecule has 0 spiro atoms. The molecule has 5 rings (SSSR count). The van der Waals surface area contributed by atoms with Crippen LogP contribution in [-0.4, -0.2) is 54.9 Å². The Bertz CT molecular complexity index is 1320. The number of hydrogen-bond donors (Lipinski definition) is 3. The van der Waals surface area contributed by atoms with E-state index < -0.39 is 41.6 Å². The van der Waals surface area contributed by atoms with E-state index in [1.54, 1.807) is 19.9 Å². The van der Waals surface area contributed by atoms with Crippen LogP contribution in [-0.2, 0) is 20.8 Å². The van der Waals surface area contributed by atoms with Crippen molar-refractivity contribution in [1.82, 2.24) is 19.1 Å². The van der Waals surface area contributed by atoms with Gasteiger partial charge in [0.05, 0.1) is 6.61 Å². The molecule has 2 aromatic heterocycles. The molecule has 4 heterocycles. The van der Waals surface area contributed by atoms with Crippen molar-refractivity contribution in [3.05, 3.63) is 62.8 Å². The molecule has 33 heavy (non-hydrogen) atoms. The number of rotatable bonds is 5. The van der Waals surface area contributed by atoms with Gasteiger partial charge in [0.15, 0.2) is 23.2 Å². The zero-order chi connectivity index (χ0) is 23.3. The maximum atomic E-state index is 13.5. The normalized spacial score (nSPS) is 26.4. The molecule has 1 aromatic carbocycles. The Hall–Kier alpha value is -3.25. The monoisotopic (exact) mass is 455 g/mol. The molecule has 174 valence electrons. The molecule has 2 saturated heterocycles. The van der Waals surface area contributed by atoms with Crippen molar-refractivity contribution >= 4 is 23.2 Å². The topological polar surface area (TPSA) is 147 Å². The standard InChI is InChI=1S/C22H25N5O6/c1-22(2)32-15-13(11-28)31-19(16(15)33-22)27-17-14(18(29)25-20(23)24-17)26(21(27)30)10-6-9-12-7-4-3-5-8-12/h3-9,13,15-16,19,28H,10-11H2,1-2H3,(H3,23,24,25,29)/b9-6+/t13-,15-,16-,19-/m1/s1. The summed E-state index contributed by atoms with van der Waals surface area (Å²) in [5, 5.41) is 9.80. The molecule has 0 saturated carbocycles. The number of nitrogens with two attached hydrogens (primary N) is 1. The van der Waals surface area contributed by atoms with Gasteiger partial charge in [-0.2, -0.15) is 4.98 Å². The quantitative estimate of drug-likeness (QED) is 0.507. The number of nitrogen functional groups attached to an aromatic ring is 1. The Kier molecular flexibility index (Phi) is 5.20. The number of H-pyrrole nitrogens is 1. The highest BCUT2D eigenvalue weighted by Crippen LogP contribution is 2.43. The van der Waals surface area contributed by atoms with Crippen molar-refractivity contribution in [2.75, 3.05) is 12.3 Å². The fraction of sp³-hybridized carbons (Fsp3) is 0.409. The molecule has 0 bridgehead atoms. The number of benzene rings is 1. The first-order chi connectivity index (χ1) is 15.8. The van der Waals surface area contributed by atoms with Gasteiger partial charge < -0.3 is 25.1 Å². The third-order valence-corrected chi connectivity index (χ3v) is 5.79. The van der Waals surface area contributed by atoms with Gasteiger partial charge in [0.25, 0.3) is 5.56 Å². The number of fused-ring (bicyclic) bond motifs is 2. The zero-order valence-corrected chi connectivity index (χ0v) is 18.2. The van der Waals surface area contributed by atoms with Gasteiger partial charge in [0.1, 0.15) is 18.3 Å². The summed E-state index contributed by atoms with van der Waals surface area (Å²) in [6.07, 6.45) is 0.702. The Balaban J connectivity index is 1.61. The van der Waals surface area contributed by atoms with Crippen LogP contribution in [0, 0.1) is 0 Å². The molecule has 0 unspecified atom stereocenters. The SMILES string of the molecule is CC1(C)O[C@@H]2[C@H](O1)[C@@H](CO)O[C@H]2n1c(=O)n(C/C=C/c2ccccc2)c2c(=O)[nH]c(N)nc21. The van der Waals surface area contributed by atoms with Crippen LogP contribution in [0.3, 0.4) is 0 Å². The van der Waals surface area contributed by atoms with Crippen LogP contribution in [0.25, 0.3) is 17.2 Å². The highest BCUT2D eigenvalue weighted by Gasteiger charge is 2.56. The van der Waals surface area contributed by atoms with E-state index in [0.717, 1.165) is 5.56 Å². The summed E-state index contributed by atoms with van der Waals surface area (Å²) in [7, 11) is 0. The number of nitrogens with one attached hydrogen (secondary N) is 1. The number of aromatic amines is 1. The maximum Gasteiger partial charge on any atom is 0.333 e. The van der Waals surface area contributed by atoms with E-state index in [2.05, 4.69) is 9.97 Å². The van der Waals surface area contributed by atoms with Gasteiger partial charge in [0, 0.05) is 6.54 Å². The number of aliphatic hydroxyl groups excluding tert-OH is 1. The smallest absolute Gasteiger partial charge is 0.333 e. The maximum absolute atomic E-state index is 13.5. The highest BCUT2D eigenvalue weighted by atomic mass is 16.8. The number of hydrogen-bond acceptors (Lipinski definition) is 8. The Morgan fingerprint density at radius 2 is 1.94 bits per heavy atom. The number of aliphatic hydroxyl groups is 1. The van der Waals surface area contributed by atoms with Crippen molar-refractivity contribution in [1.29, 1.82) is 0 Å². The molecule has 11 nitrogen and oxygen atoms in total. The van der Waals surface area contributed by atoms with Crippen molar-refractivity contribution < 1.29 is 19.3 Å². The van der Waals surface area contributed by atoms with E-state index in [-0.39, 0.29) is 30.3 Å². The van der Waals surface area contributed by atoms with Crippen LogP contribution < -0.4 is 17.0 Å². The summed E-state index contributed by atoms with van der Waals surface area (Å²) in [5.74, 6) is -1.05. The average Bonchev–Trinajstić information content (AvgIpc) is 3.35. The fourth-order valence-electron chi connectivity index (χ4n) is 4.47. The van der Waals surface area contributed by atoms with Gasteiger partial charge in [-0.15, -0.1) is 0 Å². The van der Waals surface area contributed by atoms with Crippen LogP contribution in [0.1, 0.15) is 25.6 Å². The van der Waals surface area contributed by atoms with Crippen LogP contribution in [0.15, 0.2) is 46.0 Å². The molecule has 11 heteroatoms. The predicted molar refractivity (Wildman–Crippen MR) is 119 cm³/mol. The summed E-state index contributed by atoms with van der Waals surface area (Å²) < 4.78 is 20.4. The Morgan fingerprint density at radius 3 is 2.67 bits per heavy atom. The highest BCUT2D eigenvalue weighted by molar-refractivity contribution is 5.72. The fourth-order valence-corrected chi connectivity index (χ4v) is 4.47. The van der Waals surface area contributed by atoms with Gasteiger partial charge in [0.2, 0.25) is 5.95 Å². The lowest BCUT2D eigenvalue weighted by atomic mass is 10.1. The number of ether oxygens (including phenoxy) is 3. The van der Waals surface area contributed by atoms with E-state index in [4.69, 9.17) is 19.9 Å². The molecule has 3 aromatic rings. The van der Waals surface area contributed by atoms with Gasteiger partial charge >= 0.3 is 5.69 Å². The number of allylic oxidation sites excluding steroid dienone is 1. The van der Waals surface area contributed by atoms with Gasteiger partial charge in [-0.05, 0) is 19.4 Å². The van der Waals surface area contributed by atoms with Crippen LogP contribution in [0.5, 0.6) is 0 Å². The summed E-state index contributed by atoms with van der Waals surface area (Å²) in [6, 6.07) is 9.59. The van der Waals surface area contributed by atoms with E-state index in [1.807, 2.05) is 36.4 Å². The summed E-state index contributed by atoms with van der Waals surface area (Å²) in [4.78, 5) is 33.0. The second-order valence-corrected chi connectivity index (χ2v) is 8.51. The molecule has 2 aliphatic heterocycles. The molecule has 0 radical (unpaired) electrons. The molecule has 0 aliphatic carbocycles. The lowest BCUT2D eigenvalue weighted by Gasteiger charge is -2.23. The van der Waals surface area contributed by atoms with Gasteiger partial charge in [-0.3, -0.25) is 14.3 Å². The summed E-state index contributed by atoms with van der Waals surface area (Å²) in [5.41, 5.74) is 5.83. The number of nitrogens with zero attached hydrogens (tertiary/aromatic N) is 3. The average molecular weight is 455 g/mol. The molecule has 4 atom stereocenters. The Morgan fingerprint density at radius 1 is 1.21 bits per heavy atom. The first-order valence-corrected chi connectivity index (χ1v) is 10.6. The summed E-state index contributed by atoms with van der Waals surface area (Å²) in [6.45, 7) is 3.30. The van der Waals surface area contributed by atoms with Crippen LogP contribution >= 0.6 is 0 Å². The van der Waals surface area contributed by atoms with Crippen LogP contribution in [0.2, 0.25) is 0 Å². The number of imidazole rings is 1. The number of anilines is 1. The molecule has 2 aliphatic rings. The first kappa shape index (κ1) is 21.6. The van der Waals surface area contributed by atoms with Crippen molar-refractivity contribution in [3.63, 3.8) is 0 Å². The lowest BCUT2D eigenvalue weighted by Crippen LogP contribution is -2.35. The zero-order valence-electron chi connectivity index (χ0n) is 18.2. The van der Waals surface area contributed by atoms with Crippen molar-refractivity contribution in [2.45, 2.75) is 50.7 Å². The molecular formula is C22H25N5O6. The van der Waals surface area contributed by atoms with E-state index in [9.17, 15) is 14.7 Å². The third kappa shape index (κ3) is 3.68. The van der Waals surface area contributed by atoms with E-state index in [0.29, 0.717) is 0 Å². The third-order valence-electron chi connectivity index (χ3n) is 5.79. The number of aromatic nitrogens is 4. The van der Waals surface area contributed by atoms with Gasteiger partial charge in [-0.25, -0.2) is 9.36 Å². The van der Waals surface area contributed by atoms with Crippen molar-refractivity contribution in [3.8, 4) is 0 Å².